The van der Waals surface area contributed by atoms with Crippen LogP contribution in [-0.4, -0.2) is 42.2 Å². The van der Waals surface area contributed by atoms with E-state index in [1.165, 1.54) is 6.92 Å². The minimum absolute atomic E-state index is 0.126. The Balaban J connectivity index is 2.30. The molecule has 0 aromatic heterocycles. The summed E-state index contributed by atoms with van der Waals surface area (Å²) in [6, 6.07) is -0.591. The minimum Gasteiger partial charge on any atom is -0.481 e. The van der Waals surface area contributed by atoms with Crippen molar-refractivity contribution >= 4 is 11.8 Å². The maximum atomic E-state index is 11.1. The van der Waals surface area contributed by atoms with Crippen molar-refractivity contribution < 1.29 is 19.4 Å². The van der Waals surface area contributed by atoms with Crippen molar-refractivity contribution in [1.82, 2.24) is 5.32 Å². The van der Waals surface area contributed by atoms with Crippen LogP contribution in [0, 0.1) is 0 Å². The fourth-order valence-corrected chi connectivity index (χ4v) is 1.61. The van der Waals surface area contributed by atoms with Gasteiger partial charge in [-0.1, -0.05) is 0 Å². The molecule has 0 bridgehead atoms. The Labute approximate surface area is 88.8 Å². The van der Waals surface area contributed by atoms with Crippen LogP contribution in [0.5, 0.6) is 0 Å². The molecule has 1 heterocycles. The summed E-state index contributed by atoms with van der Waals surface area (Å²) < 4.78 is 5.37. The predicted molar refractivity (Wildman–Crippen MR) is 53.7 cm³/mol. The van der Waals surface area contributed by atoms with Gasteiger partial charge in [0.05, 0.1) is 18.6 Å². The van der Waals surface area contributed by atoms with Crippen molar-refractivity contribution in [2.75, 3.05) is 13.2 Å². The molecule has 0 spiro atoms. The summed E-state index contributed by atoms with van der Waals surface area (Å²) in [5.74, 6) is -1.11. The molecular formula is C10H17NO4. The lowest BCUT2D eigenvalue weighted by Crippen LogP contribution is -2.41. The summed E-state index contributed by atoms with van der Waals surface area (Å²) >= 11 is 0. The van der Waals surface area contributed by atoms with Crippen molar-refractivity contribution in [3.8, 4) is 0 Å². The molecule has 2 N–H and O–H groups in total. The zero-order valence-corrected chi connectivity index (χ0v) is 8.86. The Kier molecular flexibility index (Phi) is 4.71. The lowest BCUT2D eigenvalue weighted by Gasteiger charge is -2.16. The van der Waals surface area contributed by atoms with Crippen molar-refractivity contribution in [1.29, 1.82) is 0 Å². The average molecular weight is 215 g/mol. The van der Waals surface area contributed by atoms with Gasteiger partial charge >= 0.3 is 5.97 Å². The Morgan fingerprint density at radius 2 is 2.33 bits per heavy atom. The van der Waals surface area contributed by atoms with Gasteiger partial charge in [-0.2, -0.15) is 0 Å². The first kappa shape index (κ1) is 12.1. The molecule has 1 rings (SSSR count). The second-order valence-corrected chi connectivity index (χ2v) is 3.80. The number of carboxylic acid groups (broad SMARTS) is 1. The van der Waals surface area contributed by atoms with Crippen LogP contribution in [0.1, 0.15) is 26.2 Å². The van der Waals surface area contributed by atoms with Gasteiger partial charge in [0.2, 0.25) is 0 Å². The molecule has 0 saturated carbocycles. The van der Waals surface area contributed by atoms with E-state index >= 15 is 0 Å². The third-order valence-electron chi connectivity index (χ3n) is 2.49. The van der Waals surface area contributed by atoms with E-state index in [4.69, 9.17) is 9.84 Å². The van der Waals surface area contributed by atoms with E-state index in [1.807, 2.05) is 0 Å². The van der Waals surface area contributed by atoms with Gasteiger partial charge in [0.25, 0.3) is 0 Å². The van der Waals surface area contributed by atoms with Gasteiger partial charge in [-0.15, -0.1) is 0 Å². The summed E-state index contributed by atoms with van der Waals surface area (Å²) in [5.41, 5.74) is 0. The molecule has 1 aliphatic heterocycles. The number of carbonyl (C=O) groups excluding carboxylic acids is 1. The molecule has 2 atom stereocenters. The summed E-state index contributed by atoms with van der Waals surface area (Å²) in [7, 11) is 0. The lowest BCUT2D eigenvalue weighted by atomic mass is 10.1. The monoisotopic (exact) mass is 215 g/mol. The van der Waals surface area contributed by atoms with E-state index in [9.17, 15) is 9.59 Å². The zero-order valence-electron chi connectivity index (χ0n) is 8.86. The third kappa shape index (κ3) is 4.40. The molecule has 5 nitrogen and oxygen atoms in total. The molecule has 5 heteroatoms. The molecule has 0 aromatic rings. The van der Waals surface area contributed by atoms with Gasteiger partial charge in [0.15, 0.2) is 0 Å². The quantitative estimate of drug-likeness (QED) is 0.661. The number of rotatable bonds is 6. The molecule has 0 aromatic carbocycles. The summed E-state index contributed by atoms with van der Waals surface area (Å²) in [4.78, 5) is 21.6. The van der Waals surface area contributed by atoms with Gasteiger partial charge in [-0.05, 0) is 19.8 Å². The fraction of sp³-hybridized carbons (Fsp3) is 0.800. The first-order chi connectivity index (χ1) is 7.09. The standard InChI is InChI=1S/C10H17NO4/c1-7(12)9(5-10(13)14)11-6-8-3-2-4-15-8/h8-9,11H,2-6H2,1H3,(H,13,14). The van der Waals surface area contributed by atoms with Crippen LogP contribution in [0.25, 0.3) is 0 Å². The average Bonchev–Trinajstić information content (AvgIpc) is 2.63. The number of carbonyl (C=O) groups is 2. The third-order valence-corrected chi connectivity index (χ3v) is 2.49. The summed E-state index contributed by atoms with van der Waals surface area (Å²) in [6.07, 6.45) is 1.98. The first-order valence-corrected chi connectivity index (χ1v) is 5.17. The highest BCUT2D eigenvalue weighted by molar-refractivity contribution is 5.85. The Morgan fingerprint density at radius 1 is 1.60 bits per heavy atom. The lowest BCUT2D eigenvalue weighted by molar-refractivity contribution is -0.139. The van der Waals surface area contributed by atoms with Gasteiger partial charge in [0, 0.05) is 13.2 Å². The largest absolute Gasteiger partial charge is 0.481 e. The molecule has 1 fully saturated rings. The maximum Gasteiger partial charge on any atom is 0.305 e. The predicted octanol–water partition coefficient (Wildman–Crippen LogP) is 0.187. The van der Waals surface area contributed by atoms with Crippen LogP contribution >= 0.6 is 0 Å². The smallest absolute Gasteiger partial charge is 0.305 e. The topological polar surface area (TPSA) is 75.6 Å². The van der Waals surface area contributed by atoms with E-state index in [0.29, 0.717) is 6.54 Å². The van der Waals surface area contributed by atoms with E-state index in [0.717, 1.165) is 19.4 Å². The highest BCUT2D eigenvalue weighted by Gasteiger charge is 2.21. The van der Waals surface area contributed by atoms with Gasteiger partial charge in [0.1, 0.15) is 5.78 Å². The fourth-order valence-electron chi connectivity index (χ4n) is 1.61. The molecule has 1 saturated heterocycles. The van der Waals surface area contributed by atoms with Crippen LogP contribution in [0.4, 0.5) is 0 Å². The van der Waals surface area contributed by atoms with E-state index in [2.05, 4.69) is 5.32 Å². The molecule has 86 valence electrons. The Morgan fingerprint density at radius 3 is 2.80 bits per heavy atom. The van der Waals surface area contributed by atoms with E-state index < -0.39 is 12.0 Å². The zero-order chi connectivity index (χ0) is 11.3. The molecule has 0 radical (unpaired) electrons. The SMILES string of the molecule is CC(=O)C(CC(=O)O)NCC1CCCO1. The Bertz CT molecular complexity index is 236. The minimum atomic E-state index is -0.963. The van der Waals surface area contributed by atoms with Crippen molar-refractivity contribution in [2.24, 2.45) is 0 Å². The van der Waals surface area contributed by atoms with E-state index in [1.54, 1.807) is 0 Å². The molecule has 0 aliphatic carbocycles. The number of nitrogens with one attached hydrogen (secondary N) is 1. The van der Waals surface area contributed by atoms with Crippen LogP contribution in [-0.2, 0) is 14.3 Å². The summed E-state index contributed by atoms with van der Waals surface area (Å²) in [5, 5.41) is 11.5. The number of ketones is 1. The second kappa shape index (κ2) is 5.82. The van der Waals surface area contributed by atoms with Gasteiger partial charge in [-0.25, -0.2) is 0 Å². The van der Waals surface area contributed by atoms with Crippen LogP contribution in [0.3, 0.4) is 0 Å². The number of ether oxygens (including phenoxy) is 1. The van der Waals surface area contributed by atoms with Crippen molar-refractivity contribution in [3.63, 3.8) is 0 Å². The van der Waals surface area contributed by atoms with Crippen LogP contribution < -0.4 is 5.32 Å². The second-order valence-electron chi connectivity index (χ2n) is 3.80. The van der Waals surface area contributed by atoms with Gasteiger partial charge in [-0.3, -0.25) is 9.59 Å². The maximum absolute atomic E-state index is 11.1. The highest BCUT2D eigenvalue weighted by Crippen LogP contribution is 2.11. The van der Waals surface area contributed by atoms with Crippen molar-refractivity contribution in [3.05, 3.63) is 0 Å². The molecule has 0 amide bonds. The van der Waals surface area contributed by atoms with Crippen LogP contribution in [0.2, 0.25) is 0 Å². The number of hydrogen-bond acceptors (Lipinski definition) is 4. The number of carboxylic acids is 1. The molecule has 15 heavy (non-hydrogen) atoms. The van der Waals surface area contributed by atoms with Crippen molar-refractivity contribution in [2.45, 2.75) is 38.3 Å². The Hall–Kier alpha value is -0.940. The molecule has 2 unspecified atom stereocenters. The number of Topliss-reactive ketones (excluding diaryl/α,β-unsaturated/α-hetero) is 1. The van der Waals surface area contributed by atoms with Gasteiger partial charge < -0.3 is 15.2 Å². The number of aliphatic carboxylic acids is 1. The summed E-state index contributed by atoms with van der Waals surface area (Å²) in [6.45, 7) is 2.71. The van der Waals surface area contributed by atoms with E-state index in [-0.39, 0.29) is 18.3 Å². The normalized spacial score (nSPS) is 22.6. The van der Waals surface area contributed by atoms with Crippen LogP contribution in [0.15, 0.2) is 0 Å². The number of hydrogen-bond donors (Lipinski definition) is 2. The molecule has 1 aliphatic rings. The highest BCUT2D eigenvalue weighted by atomic mass is 16.5. The first-order valence-electron chi connectivity index (χ1n) is 5.17. The molecular weight excluding hydrogens is 198 g/mol.